The van der Waals surface area contributed by atoms with Crippen LogP contribution in [0.25, 0.3) is 10.1 Å². The number of carbonyl (C=O) groups excluding carboxylic acids is 1. The van der Waals surface area contributed by atoms with Crippen LogP contribution in [0.3, 0.4) is 0 Å². The molecule has 0 unspecified atom stereocenters. The second-order valence-electron chi connectivity index (χ2n) is 6.90. The smallest absolute Gasteiger partial charge is 0.264 e. The molecule has 0 spiro atoms. The molecule has 1 atom stereocenters. The summed E-state index contributed by atoms with van der Waals surface area (Å²) in [6.45, 7) is 5.90. The van der Waals surface area contributed by atoms with Crippen LogP contribution in [0, 0.1) is 6.92 Å². The highest BCUT2D eigenvalue weighted by atomic mass is 32.2. The van der Waals surface area contributed by atoms with E-state index in [4.69, 9.17) is 0 Å². The first-order valence-corrected chi connectivity index (χ1v) is 11.4. The number of hydrogen-bond acceptors (Lipinski definition) is 4. The van der Waals surface area contributed by atoms with E-state index in [9.17, 15) is 13.2 Å². The number of thiophene rings is 1. The molecule has 2 aromatic carbocycles. The fraction of sp³-hybridized carbons (Fsp3) is 0.286. The first kappa shape index (κ1) is 20.4. The first-order valence-electron chi connectivity index (χ1n) is 9.12. The molecule has 3 rings (SSSR count). The molecule has 148 valence electrons. The standard InChI is InChI=1S/C21H24N2O3S2/c1-5-15(3)22-21(24)20-13-16-12-17(8-11-19(16)27-20)23(4)28(25,26)18-9-6-14(2)7-10-18/h6-13,15H,5H2,1-4H3,(H,22,24)/t15-/m1/s1. The second kappa shape index (κ2) is 7.93. The van der Waals surface area contributed by atoms with Gasteiger partial charge in [0, 0.05) is 17.8 Å². The summed E-state index contributed by atoms with van der Waals surface area (Å²) in [4.78, 5) is 13.2. The summed E-state index contributed by atoms with van der Waals surface area (Å²) in [5, 5.41) is 3.81. The zero-order valence-electron chi connectivity index (χ0n) is 16.4. The van der Waals surface area contributed by atoms with Crippen LogP contribution in [0.5, 0.6) is 0 Å². The van der Waals surface area contributed by atoms with Crippen molar-refractivity contribution in [3.63, 3.8) is 0 Å². The molecule has 5 nitrogen and oxygen atoms in total. The van der Waals surface area contributed by atoms with E-state index in [0.717, 1.165) is 22.1 Å². The number of nitrogens with one attached hydrogen (secondary N) is 1. The normalized spacial score (nSPS) is 12.7. The highest BCUT2D eigenvalue weighted by Crippen LogP contribution is 2.31. The van der Waals surface area contributed by atoms with Gasteiger partial charge in [0.25, 0.3) is 15.9 Å². The number of anilines is 1. The number of carbonyl (C=O) groups is 1. The van der Waals surface area contributed by atoms with Gasteiger partial charge in [0.1, 0.15) is 0 Å². The van der Waals surface area contributed by atoms with Crippen molar-refractivity contribution in [2.24, 2.45) is 0 Å². The summed E-state index contributed by atoms with van der Waals surface area (Å²) in [6.07, 6.45) is 0.864. The maximum Gasteiger partial charge on any atom is 0.264 e. The predicted molar refractivity (Wildman–Crippen MR) is 116 cm³/mol. The number of hydrogen-bond donors (Lipinski definition) is 1. The lowest BCUT2D eigenvalue weighted by Gasteiger charge is -2.19. The van der Waals surface area contributed by atoms with E-state index in [0.29, 0.717) is 10.6 Å². The molecule has 0 saturated heterocycles. The van der Waals surface area contributed by atoms with Crippen molar-refractivity contribution in [3.8, 4) is 0 Å². The quantitative estimate of drug-likeness (QED) is 0.640. The lowest BCUT2D eigenvalue weighted by atomic mass is 10.2. The van der Waals surface area contributed by atoms with Gasteiger partial charge in [-0.15, -0.1) is 11.3 Å². The van der Waals surface area contributed by atoms with Crippen LogP contribution in [-0.4, -0.2) is 27.4 Å². The molecule has 3 aromatic rings. The Balaban J connectivity index is 1.91. The molecular weight excluding hydrogens is 392 g/mol. The summed E-state index contributed by atoms with van der Waals surface area (Å²) >= 11 is 1.40. The van der Waals surface area contributed by atoms with Crippen molar-refractivity contribution in [3.05, 3.63) is 59.0 Å². The number of rotatable bonds is 6. The molecule has 7 heteroatoms. The number of aryl methyl sites for hydroxylation is 1. The van der Waals surface area contributed by atoms with Crippen molar-refractivity contribution in [1.82, 2.24) is 5.32 Å². The molecule has 0 aliphatic heterocycles. The number of benzene rings is 2. The fourth-order valence-corrected chi connectivity index (χ4v) is 4.88. The van der Waals surface area contributed by atoms with Crippen molar-refractivity contribution >= 4 is 43.0 Å². The van der Waals surface area contributed by atoms with Crippen LogP contribution in [0.2, 0.25) is 0 Å². The van der Waals surface area contributed by atoms with E-state index in [1.54, 1.807) is 43.4 Å². The molecule has 0 fully saturated rings. The highest BCUT2D eigenvalue weighted by molar-refractivity contribution is 7.92. The molecule has 0 radical (unpaired) electrons. The van der Waals surface area contributed by atoms with Gasteiger partial charge in [-0.1, -0.05) is 24.6 Å². The summed E-state index contributed by atoms with van der Waals surface area (Å²) in [5.74, 6) is -0.0993. The van der Waals surface area contributed by atoms with E-state index in [1.807, 2.05) is 32.9 Å². The molecule has 0 saturated carbocycles. The summed E-state index contributed by atoms with van der Waals surface area (Å²) < 4.78 is 28.0. The van der Waals surface area contributed by atoms with Crippen LogP contribution in [0.15, 0.2) is 53.4 Å². The Morgan fingerprint density at radius 2 is 1.82 bits per heavy atom. The number of fused-ring (bicyclic) bond motifs is 1. The first-order chi connectivity index (χ1) is 13.2. The van der Waals surface area contributed by atoms with Gasteiger partial charge in [-0.3, -0.25) is 9.10 Å². The highest BCUT2D eigenvalue weighted by Gasteiger charge is 2.22. The van der Waals surface area contributed by atoms with E-state index < -0.39 is 10.0 Å². The van der Waals surface area contributed by atoms with Gasteiger partial charge in [0.05, 0.1) is 15.5 Å². The molecule has 0 bridgehead atoms. The third kappa shape index (κ3) is 4.05. The topological polar surface area (TPSA) is 66.5 Å². The summed E-state index contributed by atoms with van der Waals surface area (Å²) in [6, 6.07) is 14.1. The van der Waals surface area contributed by atoms with Gasteiger partial charge in [-0.2, -0.15) is 0 Å². The number of sulfonamides is 1. The largest absolute Gasteiger partial charge is 0.349 e. The van der Waals surface area contributed by atoms with Crippen LogP contribution >= 0.6 is 11.3 Å². The van der Waals surface area contributed by atoms with Gasteiger partial charge in [-0.25, -0.2) is 8.42 Å². The number of amides is 1. The third-order valence-electron chi connectivity index (χ3n) is 4.76. The van der Waals surface area contributed by atoms with Gasteiger partial charge >= 0.3 is 0 Å². The summed E-state index contributed by atoms with van der Waals surface area (Å²) in [5.41, 5.74) is 1.56. The van der Waals surface area contributed by atoms with Crippen LogP contribution in [-0.2, 0) is 10.0 Å². The minimum atomic E-state index is -3.65. The van der Waals surface area contributed by atoms with Crippen molar-refractivity contribution < 1.29 is 13.2 Å². The third-order valence-corrected chi connectivity index (χ3v) is 7.67. The van der Waals surface area contributed by atoms with Crippen LogP contribution < -0.4 is 9.62 Å². The number of nitrogens with zero attached hydrogens (tertiary/aromatic N) is 1. The van der Waals surface area contributed by atoms with Crippen molar-refractivity contribution in [2.75, 3.05) is 11.4 Å². The average Bonchev–Trinajstić information content (AvgIpc) is 3.11. The molecule has 0 aliphatic rings. The van der Waals surface area contributed by atoms with Crippen molar-refractivity contribution in [2.45, 2.75) is 38.1 Å². The minimum absolute atomic E-state index is 0.0993. The Bertz CT molecular complexity index is 1100. The Morgan fingerprint density at radius 3 is 2.46 bits per heavy atom. The van der Waals surface area contributed by atoms with Crippen LogP contribution in [0.1, 0.15) is 35.5 Å². The molecule has 1 N–H and O–H groups in total. The predicted octanol–water partition coefficient (Wildman–Crippen LogP) is 4.56. The Labute approximate surface area is 170 Å². The molecule has 28 heavy (non-hydrogen) atoms. The minimum Gasteiger partial charge on any atom is -0.349 e. The molecule has 1 amide bonds. The van der Waals surface area contributed by atoms with E-state index in [2.05, 4.69) is 5.32 Å². The molecule has 0 aliphatic carbocycles. The Kier molecular flexibility index (Phi) is 5.76. The Morgan fingerprint density at radius 1 is 1.14 bits per heavy atom. The molecular formula is C21H24N2O3S2. The maximum atomic E-state index is 12.9. The van der Waals surface area contributed by atoms with E-state index >= 15 is 0 Å². The maximum absolute atomic E-state index is 12.9. The van der Waals surface area contributed by atoms with E-state index in [-0.39, 0.29) is 16.8 Å². The zero-order valence-corrected chi connectivity index (χ0v) is 18.0. The SMILES string of the molecule is CC[C@@H](C)NC(=O)c1cc2cc(N(C)S(=O)(=O)c3ccc(C)cc3)ccc2s1. The molecule has 1 aromatic heterocycles. The monoisotopic (exact) mass is 416 g/mol. The lowest BCUT2D eigenvalue weighted by Crippen LogP contribution is -2.31. The lowest BCUT2D eigenvalue weighted by molar-refractivity contribution is 0.0943. The van der Waals surface area contributed by atoms with Gasteiger partial charge < -0.3 is 5.32 Å². The van der Waals surface area contributed by atoms with Gasteiger partial charge in [0.2, 0.25) is 0 Å². The van der Waals surface area contributed by atoms with E-state index in [1.165, 1.54) is 15.6 Å². The fourth-order valence-electron chi connectivity index (χ4n) is 2.74. The second-order valence-corrected chi connectivity index (χ2v) is 9.95. The Hall–Kier alpha value is -2.38. The van der Waals surface area contributed by atoms with Crippen LogP contribution in [0.4, 0.5) is 5.69 Å². The average molecular weight is 417 g/mol. The molecule has 1 heterocycles. The summed E-state index contributed by atoms with van der Waals surface area (Å²) in [7, 11) is -2.11. The van der Waals surface area contributed by atoms with Gasteiger partial charge in [-0.05, 0) is 62.1 Å². The van der Waals surface area contributed by atoms with Gasteiger partial charge in [0.15, 0.2) is 0 Å². The zero-order chi connectivity index (χ0) is 20.5. The van der Waals surface area contributed by atoms with Crippen molar-refractivity contribution in [1.29, 1.82) is 0 Å².